The monoisotopic (exact) mass is 322 g/mol. The first-order valence-corrected chi connectivity index (χ1v) is 7.39. The van der Waals surface area contributed by atoms with Crippen molar-refractivity contribution < 1.29 is 4.79 Å². The molecule has 0 aromatic heterocycles. The lowest BCUT2D eigenvalue weighted by Crippen LogP contribution is -2.26. The molecule has 1 amide bonds. The zero-order valence-electron chi connectivity index (χ0n) is 11.1. The molecule has 0 spiro atoms. The van der Waals surface area contributed by atoms with Crippen LogP contribution in [0.2, 0.25) is 0 Å². The summed E-state index contributed by atoms with van der Waals surface area (Å²) in [4.78, 5) is 12.0. The number of carbonyl (C=O) groups is 1. The van der Waals surface area contributed by atoms with Crippen LogP contribution in [0.3, 0.4) is 0 Å². The van der Waals surface area contributed by atoms with Gasteiger partial charge in [0.25, 0.3) is 5.91 Å². The Morgan fingerprint density at radius 1 is 1.47 bits per heavy atom. The third-order valence-corrected chi connectivity index (χ3v) is 4.20. The highest BCUT2D eigenvalue weighted by molar-refractivity contribution is 9.10. The molecule has 0 bridgehead atoms. The van der Waals surface area contributed by atoms with Gasteiger partial charge in [0.1, 0.15) is 0 Å². The number of aryl methyl sites for hydroxylation is 1. The molecule has 1 aliphatic rings. The highest BCUT2D eigenvalue weighted by atomic mass is 79.9. The minimum Gasteiger partial charge on any atom is -0.352 e. The number of nitrogens with one attached hydrogen (secondary N) is 2. The first-order chi connectivity index (χ1) is 9.16. The van der Waals surface area contributed by atoms with Gasteiger partial charge in [0.2, 0.25) is 0 Å². The molecule has 19 heavy (non-hydrogen) atoms. The highest BCUT2D eigenvalue weighted by Crippen LogP contribution is 2.17. The topological polar surface area (TPSA) is 41.1 Å². The summed E-state index contributed by atoms with van der Waals surface area (Å²) in [7, 11) is 0. The van der Waals surface area contributed by atoms with E-state index in [0.717, 1.165) is 41.5 Å². The first-order valence-electron chi connectivity index (χ1n) is 6.60. The van der Waals surface area contributed by atoms with Crippen LogP contribution in [0.15, 0.2) is 34.3 Å². The summed E-state index contributed by atoms with van der Waals surface area (Å²) in [6.07, 6.45) is 4.26. The predicted octanol–water partition coefficient (Wildman–Crippen LogP) is 2.80. The van der Waals surface area contributed by atoms with Gasteiger partial charge in [-0.25, -0.2) is 0 Å². The number of amides is 1. The number of carbonyl (C=O) groups excluding carboxylic acids is 1. The highest BCUT2D eigenvalue weighted by Gasteiger charge is 2.07. The zero-order chi connectivity index (χ0) is 13.7. The van der Waals surface area contributed by atoms with Gasteiger partial charge in [0.15, 0.2) is 0 Å². The van der Waals surface area contributed by atoms with E-state index in [1.165, 1.54) is 5.57 Å². The van der Waals surface area contributed by atoms with Gasteiger partial charge >= 0.3 is 0 Å². The first kappa shape index (κ1) is 14.3. The van der Waals surface area contributed by atoms with Crippen molar-refractivity contribution in [2.75, 3.05) is 19.6 Å². The molecule has 3 nitrogen and oxygen atoms in total. The maximum absolute atomic E-state index is 12.0. The largest absolute Gasteiger partial charge is 0.352 e. The second-order valence-corrected chi connectivity index (χ2v) is 5.64. The minimum absolute atomic E-state index is 0.00475. The lowest BCUT2D eigenvalue weighted by Gasteiger charge is -2.14. The zero-order valence-corrected chi connectivity index (χ0v) is 12.7. The van der Waals surface area contributed by atoms with Crippen LogP contribution in [0.4, 0.5) is 0 Å². The summed E-state index contributed by atoms with van der Waals surface area (Å²) in [5.41, 5.74) is 3.24. The van der Waals surface area contributed by atoms with Crippen LogP contribution >= 0.6 is 15.9 Å². The molecule has 4 heteroatoms. The average molecular weight is 323 g/mol. The molecule has 0 atom stereocenters. The van der Waals surface area contributed by atoms with Crippen LogP contribution < -0.4 is 10.6 Å². The van der Waals surface area contributed by atoms with Crippen molar-refractivity contribution >= 4 is 21.8 Å². The molecule has 0 radical (unpaired) electrons. The van der Waals surface area contributed by atoms with Crippen molar-refractivity contribution in [3.63, 3.8) is 0 Å². The fourth-order valence-corrected chi connectivity index (χ4v) is 2.37. The summed E-state index contributed by atoms with van der Waals surface area (Å²) in [6.45, 7) is 4.70. The molecule has 2 rings (SSSR count). The fourth-order valence-electron chi connectivity index (χ4n) is 2.12. The van der Waals surface area contributed by atoms with E-state index < -0.39 is 0 Å². The summed E-state index contributed by atoms with van der Waals surface area (Å²) in [6, 6.07) is 5.67. The molecule has 1 aliphatic heterocycles. The number of benzene rings is 1. The molecule has 0 aliphatic carbocycles. The van der Waals surface area contributed by atoms with Gasteiger partial charge in [-0.3, -0.25) is 4.79 Å². The Labute approximate surface area is 122 Å². The van der Waals surface area contributed by atoms with Gasteiger partial charge < -0.3 is 10.6 Å². The van der Waals surface area contributed by atoms with Crippen LogP contribution in [0, 0.1) is 6.92 Å². The third-order valence-electron chi connectivity index (χ3n) is 3.31. The van der Waals surface area contributed by atoms with Crippen molar-refractivity contribution in [3.05, 3.63) is 45.4 Å². The van der Waals surface area contributed by atoms with E-state index in [1.54, 1.807) is 0 Å². The number of halogens is 1. The Morgan fingerprint density at radius 3 is 3.00 bits per heavy atom. The van der Waals surface area contributed by atoms with Crippen molar-refractivity contribution in [2.24, 2.45) is 0 Å². The second kappa shape index (κ2) is 6.87. The van der Waals surface area contributed by atoms with E-state index in [4.69, 9.17) is 0 Å². The summed E-state index contributed by atoms with van der Waals surface area (Å²) >= 11 is 3.44. The minimum atomic E-state index is 0.00475. The molecule has 0 saturated carbocycles. The van der Waals surface area contributed by atoms with E-state index in [0.29, 0.717) is 6.54 Å². The van der Waals surface area contributed by atoms with E-state index in [2.05, 4.69) is 32.6 Å². The standard InChI is InChI=1S/C15H19BrN2O/c1-11-10-13(2-3-14(11)16)15(19)18-9-6-12-4-7-17-8-5-12/h2-4,10,17H,5-9H2,1H3,(H,18,19). The van der Waals surface area contributed by atoms with E-state index in [1.807, 2.05) is 25.1 Å². The van der Waals surface area contributed by atoms with Crippen LogP contribution in [0.25, 0.3) is 0 Å². The average Bonchev–Trinajstić information content (AvgIpc) is 2.43. The lowest BCUT2D eigenvalue weighted by atomic mass is 10.1. The van der Waals surface area contributed by atoms with Crippen molar-refractivity contribution in [1.29, 1.82) is 0 Å². The maximum atomic E-state index is 12.0. The Bertz CT molecular complexity index is 497. The van der Waals surface area contributed by atoms with Gasteiger partial charge in [-0.2, -0.15) is 0 Å². The van der Waals surface area contributed by atoms with Crippen molar-refractivity contribution in [1.82, 2.24) is 10.6 Å². The van der Waals surface area contributed by atoms with Gasteiger partial charge in [0.05, 0.1) is 0 Å². The normalized spacial score (nSPS) is 14.9. The fraction of sp³-hybridized carbons (Fsp3) is 0.400. The lowest BCUT2D eigenvalue weighted by molar-refractivity contribution is 0.0954. The van der Waals surface area contributed by atoms with Gasteiger partial charge in [-0.1, -0.05) is 27.6 Å². The van der Waals surface area contributed by atoms with E-state index >= 15 is 0 Å². The van der Waals surface area contributed by atoms with E-state index in [9.17, 15) is 4.79 Å². The Morgan fingerprint density at radius 2 is 2.32 bits per heavy atom. The molecule has 0 fully saturated rings. The Kier molecular flexibility index (Phi) is 5.16. The summed E-state index contributed by atoms with van der Waals surface area (Å²) < 4.78 is 1.03. The molecule has 1 aromatic carbocycles. The second-order valence-electron chi connectivity index (χ2n) is 4.79. The molecule has 102 valence electrons. The summed E-state index contributed by atoms with van der Waals surface area (Å²) in [5.74, 6) is 0.00475. The van der Waals surface area contributed by atoms with Crippen LogP contribution in [-0.4, -0.2) is 25.5 Å². The predicted molar refractivity (Wildman–Crippen MR) is 81.4 cm³/mol. The van der Waals surface area contributed by atoms with Gasteiger partial charge in [-0.15, -0.1) is 0 Å². The number of hydrogen-bond donors (Lipinski definition) is 2. The molecule has 1 aromatic rings. The smallest absolute Gasteiger partial charge is 0.251 e. The Hall–Kier alpha value is -1.13. The maximum Gasteiger partial charge on any atom is 0.251 e. The van der Waals surface area contributed by atoms with Gasteiger partial charge in [-0.05, 0) is 50.1 Å². The molecule has 1 heterocycles. The third kappa shape index (κ3) is 4.18. The number of rotatable bonds is 4. The van der Waals surface area contributed by atoms with E-state index in [-0.39, 0.29) is 5.91 Å². The Balaban J connectivity index is 1.83. The van der Waals surface area contributed by atoms with Crippen molar-refractivity contribution in [3.8, 4) is 0 Å². The molecular weight excluding hydrogens is 304 g/mol. The molecule has 2 N–H and O–H groups in total. The molecular formula is C15H19BrN2O. The quantitative estimate of drug-likeness (QED) is 0.837. The van der Waals surface area contributed by atoms with Crippen LogP contribution in [-0.2, 0) is 0 Å². The number of hydrogen-bond acceptors (Lipinski definition) is 2. The molecule has 0 saturated heterocycles. The SMILES string of the molecule is Cc1cc(C(=O)NCCC2=CCNCC2)ccc1Br. The van der Waals surface area contributed by atoms with Crippen molar-refractivity contribution in [2.45, 2.75) is 19.8 Å². The van der Waals surface area contributed by atoms with Crippen LogP contribution in [0.5, 0.6) is 0 Å². The van der Waals surface area contributed by atoms with Gasteiger partial charge in [0, 0.05) is 23.1 Å². The molecule has 0 unspecified atom stereocenters. The summed E-state index contributed by atoms with van der Waals surface area (Å²) in [5, 5.41) is 6.26. The van der Waals surface area contributed by atoms with Crippen LogP contribution in [0.1, 0.15) is 28.8 Å².